The van der Waals surface area contributed by atoms with Crippen LogP contribution < -0.4 is 10.6 Å². The molecule has 2 aromatic rings. The third kappa shape index (κ3) is 8.65. The average Bonchev–Trinajstić information content (AvgIpc) is 3.49. The standard InChI is InChI=1S/C34H47N3O7/c1-24-30(22-37-18-15-34(16-19-37)41-20-21-42-34)43-33(44-32(24)27-9-7-26(23-38)8-10-27)28-11-13-29(14-12-28)36-31(40)6-4-3-5-17-35-25(2)39/h7-14,24,30,32-33,38H,3-6,15-23H2,1-2H3,(H,35,39)(H,36,40). The van der Waals surface area contributed by atoms with Gasteiger partial charge in [-0.15, -0.1) is 0 Å². The highest BCUT2D eigenvalue weighted by Crippen LogP contribution is 2.42. The van der Waals surface area contributed by atoms with Gasteiger partial charge in [-0.25, -0.2) is 0 Å². The Morgan fingerprint density at radius 3 is 2.27 bits per heavy atom. The van der Waals surface area contributed by atoms with Gasteiger partial charge in [0.15, 0.2) is 12.1 Å². The molecular weight excluding hydrogens is 562 g/mol. The summed E-state index contributed by atoms with van der Waals surface area (Å²) >= 11 is 0. The van der Waals surface area contributed by atoms with Gasteiger partial charge in [-0.2, -0.15) is 0 Å². The molecule has 0 saturated carbocycles. The van der Waals surface area contributed by atoms with Crippen molar-refractivity contribution in [1.29, 1.82) is 0 Å². The summed E-state index contributed by atoms with van der Waals surface area (Å²) in [6, 6.07) is 15.6. The number of anilines is 1. The number of unbranched alkanes of at least 4 members (excludes halogenated alkanes) is 2. The van der Waals surface area contributed by atoms with Crippen LogP contribution >= 0.6 is 0 Å². The fourth-order valence-corrected chi connectivity index (χ4v) is 6.24. The van der Waals surface area contributed by atoms with Crippen LogP contribution in [0, 0.1) is 5.92 Å². The number of carbonyl (C=O) groups is 2. The Balaban J connectivity index is 1.21. The number of aliphatic hydroxyl groups excluding tert-OH is 1. The largest absolute Gasteiger partial charge is 0.392 e. The van der Waals surface area contributed by atoms with Crippen LogP contribution in [0.4, 0.5) is 5.69 Å². The van der Waals surface area contributed by atoms with Crippen LogP contribution in [0.5, 0.6) is 0 Å². The van der Waals surface area contributed by atoms with Crippen LogP contribution in [0.25, 0.3) is 0 Å². The van der Waals surface area contributed by atoms with Crippen LogP contribution in [0.15, 0.2) is 48.5 Å². The topological polar surface area (TPSA) is 119 Å². The molecule has 3 N–H and O–H groups in total. The van der Waals surface area contributed by atoms with Gasteiger partial charge in [0, 0.05) is 69.5 Å². The number of amides is 2. The number of hydrogen-bond acceptors (Lipinski definition) is 8. The van der Waals surface area contributed by atoms with E-state index in [1.165, 1.54) is 6.92 Å². The van der Waals surface area contributed by atoms with Crippen molar-refractivity contribution in [2.75, 3.05) is 44.7 Å². The van der Waals surface area contributed by atoms with Gasteiger partial charge in [-0.1, -0.05) is 49.7 Å². The quantitative estimate of drug-likeness (QED) is 0.302. The van der Waals surface area contributed by atoms with E-state index in [1.807, 2.05) is 48.5 Å². The summed E-state index contributed by atoms with van der Waals surface area (Å²) in [5, 5.41) is 15.3. The Kier molecular flexibility index (Phi) is 11.4. The third-order valence-corrected chi connectivity index (χ3v) is 8.91. The molecule has 44 heavy (non-hydrogen) atoms. The first kappa shape index (κ1) is 32.5. The third-order valence-electron chi connectivity index (χ3n) is 8.91. The van der Waals surface area contributed by atoms with Crippen molar-refractivity contribution < 1.29 is 33.6 Å². The molecule has 3 saturated heterocycles. The number of carbonyl (C=O) groups excluding carboxylic acids is 2. The van der Waals surface area contributed by atoms with Crippen molar-refractivity contribution in [2.45, 2.75) is 83.3 Å². The molecule has 1 spiro atoms. The molecule has 4 atom stereocenters. The number of nitrogens with one attached hydrogen (secondary N) is 2. The lowest BCUT2D eigenvalue weighted by Gasteiger charge is -2.44. The smallest absolute Gasteiger partial charge is 0.224 e. The van der Waals surface area contributed by atoms with Crippen molar-refractivity contribution in [3.63, 3.8) is 0 Å². The van der Waals surface area contributed by atoms with Gasteiger partial charge in [0.05, 0.1) is 32.0 Å². The number of likely N-dealkylation sites (tertiary alicyclic amines) is 1. The average molecular weight is 610 g/mol. The van der Waals surface area contributed by atoms with Gasteiger partial charge >= 0.3 is 0 Å². The summed E-state index contributed by atoms with van der Waals surface area (Å²) in [5.74, 6) is -0.377. The van der Waals surface area contributed by atoms with Gasteiger partial charge in [-0.3, -0.25) is 9.59 Å². The molecule has 3 aliphatic heterocycles. The lowest BCUT2D eigenvalue weighted by Crippen LogP contribution is -2.50. The summed E-state index contributed by atoms with van der Waals surface area (Å²) < 4.78 is 25.1. The molecule has 0 radical (unpaired) electrons. The normalized spacial score (nSPS) is 25.2. The molecule has 240 valence electrons. The number of aliphatic hydroxyl groups is 1. The van der Waals surface area contributed by atoms with Crippen molar-refractivity contribution in [3.8, 4) is 0 Å². The van der Waals surface area contributed by atoms with Crippen LogP contribution in [0.3, 0.4) is 0 Å². The summed E-state index contributed by atoms with van der Waals surface area (Å²) in [6.07, 6.45) is 3.82. The summed E-state index contributed by atoms with van der Waals surface area (Å²) in [7, 11) is 0. The lowest BCUT2D eigenvalue weighted by atomic mass is 9.89. The molecule has 3 heterocycles. The molecule has 3 aliphatic rings. The Hall–Kier alpha value is -2.86. The minimum absolute atomic E-state index is 0.00108. The fourth-order valence-electron chi connectivity index (χ4n) is 6.24. The Labute approximate surface area is 260 Å². The highest BCUT2D eigenvalue weighted by atomic mass is 16.7. The van der Waals surface area contributed by atoms with Crippen LogP contribution in [-0.2, 0) is 35.1 Å². The van der Waals surface area contributed by atoms with Crippen LogP contribution in [-0.4, -0.2) is 73.1 Å². The Morgan fingerprint density at radius 2 is 1.61 bits per heavy atom. The van der Waals surface area contributed by atoms with E-state index >= 15 is 0 Å². The second-order valence-electron chi connectivity index (χ2n) is 12.2. The number of nitrogens with zero attached hydrogens (tertiary/aromatic N) is 1. The molecule has 5 rings (SSSR count). The van der Waals surface area contributed by atoms with Crippen LogP contribution in [0.1, 0.15) is 81.5 Å². The molecule has 0 aromatic heterocycles. The zero-order chi connectivity index (χ0) is 30.9. The van der Waals surface area contributed by atoms with E-state index < -0.39 is 12.1 Å². The van der Waals surface area contributed by atoms with E-state index in [2.05, 4.69) is 22.5 Å². The Bertz CT molecular complexity index is 1210. The molecule has 10 heteroatoms. The fraction of sp³-hybridized carbons (Fsp3) is 0.588. The van der Waals surface area contributed by atoms with E-state index in [9.17, 15) is 14.7 Å². The summed E-state index contributed by atoms with van der Waals surface area (Å²) in [5.41, 5.74) is 3.54. The minimum Gasteiger partial charge on any atom is -0.392 e. The van der Waals surface area contributed by atoms with E-state index in [0.29, 0.717) is 26.2 Å². The number of hydrogen-bond donors (Lipinski definition) is 3. The summed E-state index contributed by atoms with van der Waals surface area (Å²) in [6.45, 7) is 8.22. The number of piperidine rings is 1. The highest BCUT2D eigenvalue weighted by Gasteiger charge is 2.43. The van der Waals surface area contributed by atoms with Crippen LogP contribution in [0.2, 0.25) is 0 Å². The molecular formula is C34H47N3O7. The van der Waals surface area contributed by atoms with Gasteiger partial charge in [0.1, 0.15) is 0 Å². The minimum atomic E-state index is -0.565. The molecule has 0 aliphatic carbocycles. The maximum atomic E-state index is 12.5. The molecule has 2 amide bonds. The maximum absolute atomic E-state index is 12.5. The van der Waals surface area contributed by atoms with E-state index in [-0.39, 0.29) is 36.5 Å². The molecule has 3 fully saturated rings. The van der Waals surface area contributed by atoms with E-state index in [0.717, 1.165) is 74.1 Å². The number of benzene rings is 2. The maximum Gasteiger partial charge on any atom is 0.224 e. The molecule has 0 bridgehead atoms. The predicted octanol–water partition coefficient (Wildman–Crippen LogP) is 4.44. The van der Waals surface area contributed by atoms with Gasteiger partial charge in [0.2, 0.25) is 11.8 Å². The van der Waals surface area contributed by atoms with Crippen molar-refractivity contribution in [3.05, 3.63) is 65.2 Å². The first-order valence-electron chi connectivity index (χ1n) is 16.0. The second-order valence-corrected chi connectivity index (χ2v) is 12.2. The lowest BCUT2D eigenvalue weighted by molar-refractivity contribution is -0.278. The van der Waals surface area contributed by atoms with E-state index in [4.69, 9.17) is 18.9 Å². The highest BCUT2D eigenvalue weighted by molar-refractivity contribution is 5.90. The Morgan fingerprint density at radius 1 is 0.932 bits per heavy atom. The molecule has 10 nitrogen and oxygen atoms in total. The molecule has 4 unspecified atom stereocenters. The molecule has 2 aromatic carbocycles. The van der Waals surface area contributed by atoms with Crippen molar-refractivity contribution in [1.82, 2.24) is 10.2 Å². The monoisotopic (exact) mass is 609 g/mol. The first-order chi connectivity index (χ1) is 21.3. The van der Waals surface area contributed by atoms with Gasteiger partial charge in [0.25, 0.3) is 0 Å². The van der Waals surface area contributed by atoms with E-state index in [1.54, 1.807) is 0 Å². The zero-order valence-corrected chi connectivity index (χ0v) is 26.0. The zero-order valence-electron chi connectivity index (χ0n) is 26.0. The van der Waals surface area contributed by atoms with Gasteiger partial charge in [-0.05, 0) is 36.1 Å². The van der Waals surface area contributed by atoms with Crippen molar-refractivity contribution >= 4 is 17.5 Å². The second kappa shape index (κ2) is 15.4. The summed E-state index contributed by atoms with van der Waals surface area (Å²) in [4.78, 5) is 25.9. The SMILES string of the molecule is CC(=O)NCCCCCC(=O)Nc1ccc(C2OC(CN3CCC4(CC3)OCCO4)C(C)C(c3ccc(CO)cc3)O2)cc1. The first-order valence-corrected chi connectivity index (χ1v) is 16.0. The van der Waals surface area contributed by atoms with Gasteiger partial charge < -0.3 is 39.6 Å². The number of ether oxygens (including phenoxy) is 4. The predicted molar refractivity (Wildman–Crippen MR) is 166 cm³/mol. The number of rotatable bonds is 12. The van der Waals surface area contributed by atoms with Crippen molar-refractivity contribution in [2.24, 2.45) is 5.92 Å².